The van der Waals surface area contributed by atoms with Gasteiger partial charge in [0, 0.05) is 12.6 Å². The minimum absolute atomic E-state index is 0.212. The van der Waals surface area contributed by atoms with Gasteiger partial charge in [-0.15, -0.1) is 23.5 Å². The molecule has 2 heterocycles. The quantitative estimate of drug-likeness (QED) is 0.501. The lowest BCUT2D eigenvalue weighted by molar-refractivity contribution is 0.144. The molecule has 3 N–H and O–H groups in total. The number of thioether (sulfide) groups is 2. The molecule has 1 amide bonds. The smallest absolute Gasteiger partial charge is 0.421 e. The summed E-state index contributed by atoms with van der Waals surface area (Å²) in [5, 5.41) is 4.06. The average Bonchev–Trinajstić information content (AvgIpc) is 2.89. The minimum atomic E-state index is -0.618. The second-order valence-corrected chi connectivity index (χ2v) is 6.17. The van der Waals surface area contributed by atoms with Crippen LogP contribution in [-0.4, -0.2) is 17.7 Å². The highest BCUT2D eigenvalue weighted by Crippen LogP contribution is 2.54. The molecule has 7 heteroatoms. The Morgan fingerprint density at radius 1 is 1.44 bits per heavy atom. The van der Waals surface area contributed by atoms with Gasteiger partial charge in [0.1, 0.15) is 4.08 Å². The maximum atomic E-state index is 10.9. The maximum Gasteiger partial charge on any atom is 0.421 e. The molecule has 1 aromatic rings. The van der Waals surface area contributed by atoms with E-state index < -0.39 is 6.09 Å². The Bertz CT molecular complexity index is 431. The molecular weight excluding hydrogens is 270 g/mol. The summed E-state index contributed by atoms with van der Waals surface area (Å²) in [7, 11) is 0. The third kappa shape index (κ3) is 2.98. The summed E-state index contributed by atoms with van der Waals surface area (Å²) in [6, 6.07) is 5.82. The molecule has 5 nitrogen and oxygen atoms in total. The first-order chi connectivity index (χ1) is 8.77. The number of pyridine rings is 1. The van der Waals surface area contributed by atoms with Crippen LogP contribution in [0, 0.1) is 0 Å². The molecule has 1 aromatic heterocycles. The molecule has 0 saturated carbocycles. The summed E-state index contributed by atoms with van der Waals surface area (Å²) in [6.45, 7) is 0.293. The number of hydrogen-bond donors (Lipinski definition) is 2. The molecule has 0 atom stereocenters. The molecule has 0 saturated heterocycles. The second kappa shape index (κ2) is 6.12. The van der Waals surface area contributed by atoms with Crippen LogP contribution in [-0.2, 0) is 8.82 Å². The topological polar surface area (TPSA) is 77.2 Å². The Balaban J connectivity index is 2.02. The molecule has 0 bridgehead atoms. The Labute approximate surface area is 114 Å². The molecule has 1 aliphatic heterocycles. The molecule has 0 spiro atoms. The number of ether oxygens (including phenoxy) is 1. The van der Waals surface area contributed by atoms with Gasteiger partial charge in [0.15, 0.2) is 0 Å². The fraction of sp³-hybridized carbons (Fsp3) is 0.273. The third-order valence-electron chi connectivity index (χ3n) is 2.41. The van der Waals surface area contributed by atoms with Gasteiger partial charge >= 0.3 is 6.09 Å². The zero-order valence-corrected chi connectivity index (χ0v) is 11.2. The summed E-state index contributed by atoms with van der Waals surface area (Å²) >= 11 is 3.36. The van der Waals surface area contributed by atoms with Gasteiger partial charge in [0.25, 0.3) is 0 Å². The lowest BCUT2D eigenvalue weighted by atomic mass is 10.2. The van der Waals surface area contributed by atoms with Crippen LogP contribution < -0.4 is 11.3 Å². The molecule has 0 unspecified atom stereocenters. The predicted molar refractivity (Wildman–Crippen MR) is 73.5 cm³/mol. The van der Waals surface area contributed by atoms with Gasteiger partial charge in [-0.2, -0.15) is 0 Å². The summed E-state index contributed by atoms with van der Waals surface area (Å²) in [5.74, 6) is 4.95. The fourth-order valence-electron chi connectivity index (χ4n) is 1.58. The highest BCUT2D eigenvalue weighted by Gasteiger charge is 2.36. The van der Waals surface area contributed by atoms with Crippen molar-refractivity contribution >= 4 is 29.6 Å². The molecule has 96 valence electrons. The van der Waals surface area contributed by atoms with Crippen molar-refractivity contribution in [3.05, 3.63) is 40.9 Å². The highest BCUT2D eigenvalue weighted by molar-refractivity contribution is 8.22. The number of carbonyl (C=O) groups is 1. The first-order valence-corrected chi connectivity index (χ1v) is 7.08. The summed E-state index contributed by atoms with van der Waals surface area (Å²) in [6.07, 6.45) is 1.82. The van der Waals surface area contributed by atoms with Crippen molar-refractivity contribution in [2.45, 2.75) is 10.5 Å². The number of amides is 1. The number of hydrazine groups is 1. The van der Waals surface area contributed by atoms with Crippen LogP contribution in [0.4, 0.5) is 4.79 Å². The van der Waals surface area contributed by atoms with Crippen LogP contribution in [0.1, 0.15) is 12.1 Å². The fourth-order valence-corrected chi connectivity index (χ4v) is 3.90. The van der Waals surface area contributed by atoms with E-state index in [0.717, 1.165) is 5.69 Å². The zero-order chi connectivity index (χ0) is 12.8. The maximum absolute atomic E-state index is 10.9. The van der Waals surface area contributed by atoms with Crippen LogP contribution in [0.15, 0.2) is 35.2 Å². The van der Waals surface area contributed by atoms with Crippen molar-refractivity contribution in [2.24, 2.45) is 5.84 Å². The highest BCUT2D eigenvalue weighted by atomic mass is 32.2. The Kier molecular flexibility index (Phi) is 4.51. The van der Waals surface area contributed by atoms with Crippen molar-refractivity contribution in [2.75, 3.05) is 6.61 Å². The normalized spacial score (nSPS) is 16.5. The van der Waals surface area contributed by atoms with E-state index in [1.54, 1.807) is 29.7 Å². The molecule has 18 heavy (non-hydrogen) atoms. The number of nitrogens with one attached hydrogen (secondary N) is 1. The van der Waals surface area contributed by atoms with Gasteiger partial charge in [0.05, 0.1) is 12.3 Å². The number of nitrogens with two attached hydrogens (primary N) is 1. The standard InChI is InChI=1S/C11H13N3O2S2/c12-14-10(15)16-6-4-11(17-7-8-18-11)9-3-1-2-5-13-9/h1-3,5,7-8H,4,6,12H2,(H,14,15). The van der Waals surface area contributed by atoms with Crippen molar-refractivity contribution < 1.29 is 9.53 Å². The largest absolute Gasteiger partial charge is 0.449 e. The van der Waals surface area contributed by atoms with Crippen molar-refractivity contribution in [1.82, 2.24) is 10.4 Å². The molecule has 0 fully saturated rings. The van der Waals surface area contributed by atoms with E-state index in [0.29, 0.717) is 13.0 Å². The van der Waals surface area contributed by atoms with Crippen molar-refractivity contribution in [3.63, 3.8) is 0 Å². The van der Waals surface area contributed by atoms with Crippen LogP contribution in [0.25, 0.3) is 0 Å². The lowest BCUT2D eigenvalue weighted by Crippen LogP contribution is -2.31. The molecule has 0 aliphatic carbocycles. The Morgan fingerprint density at radius 3 is 2.83 bits per heavy atom. The van der Waals surface area contributed by atoms with Gasteiger partial charge in [-0.05, 0) is 22.9 Å². The number of nitrogens with zero attached hydrogens (tertiary/aromatic N) is 1. The Morgan fingerprint density at radius 2 is 2.22 bits per heavy atom. The van der Waals surface area contributed by atoms with Crippen molar-refractivity contribution in [1.29, 1.82) is 0 Å². The first kappa shape index (κ1) is 13.3. The predicted octanol–water partition coefficient (Wildman–Crippen LogP) is 2.18. The number of carbonyl (C=O) groups excluding carboxylic acids is 1. The van der Waals surface area contributed by atoms with Gasteiger partial charge < -0.3 is 4.74 Å². The van der Waals surface area contributed by atoms with Crippen LogP contribution in [0.2, 0.25) is 0 Å². The van der Waals surface area contributed by atoms with Gasteiger partial charge in [0.2, 0.25) is 0 Å². The van der Waals surface area contributed by atoms with Crippen LogP contribution in [0.5, 0.6) is 0 Å². The molecule has 0 radical (unpaired) electrons. The van der Waals surface area contributed by atoms with Gasteiger partial charge in [-0.3, -0.25) is 10.4 Å². The van der Waals surface area contributed by atoms with E-state index in [1.807, 2.05) is 34.4 Å². The van der Waals surface area contributed by atoms with E-state index in [-0.39, 0.29) is 4.08 Å². The number of hydrogen-bond acceptors (Lipinski definition) is 6. The number of aromatic nitrogens is 1. The van der Waals surface area contributed by atoms with E-state index in [2.05, 4.69) is 4.98 Å². The van der Waals surface area contributed by atoms with Crippen LogP contribution >= 0.6 is 23.5 Å². The molecule has 1 aliphatic rings. The van der Waals surface area contributed by atoms with Gasteiger partial charge in [-0.25, -0.2) is 10.6 Å². The molecule has 0 aromatic carbocycles. The zero-order valence-electron chi connectivity index (χ0n) is 9.54. The monoisotopic (exact) mass is 283 g/mol. The molecular formula is C11H13N3O2S2. The van der Waals surface area contributed by atoms with E-state index in [4.69, 9.17) is 10.6 Å². The summed E-state index contributed by atoms with van der Waals surface area (Å²) < 4.78 is 4.73. The van der Waals surface area contributed by atoms with Gasteiger partial charge in [-0.1, -0.05) is 6.07 Å². The van der Waals surface area contributed by atoms with E-state index in [9.17, 15) is 4.79 Å². The minimum Gasteiger partial charge on any atom is -0.449 e. The Hall–Kier alpha value is -1.18. The SMILES string of the molecule is NNC(=O)OCCC1(c2ccccn2)SC=CS1. The number of rotatable bonds is 4. The third-order valence-corrected chi connectivity index (χ3v) is 5.29. The van der Waals surface area contributed by atoms with E-state index >= 15 is 0 Å². The molecule has 2 rings (SSSR count). The first-order valence-electron chi connectivity index (χ1n) is 5.32. The summed E-state index contributed by atoms with van der Waals surface area (Å²) in [5.41, 5.74) is 2.91. The average molecular weight is 283 g/mol. The van der Waals surface area contributed by atoms with Crippen molar-refractivity contribution in [3.8, 4) is 0 Å². The second-order valence-electron chi connectivity index (χ2n) is 3.51. The lowest BCUT2D eigenvalue weighted by Gasteiger charge is -2.26. The van der Waals surface area contributed by atoms with Crippen LogP contribution in [0.3, 0.4) is 0 Å². The van der Waals surface area contributed by atoms with E-state index in [1.165, 1.54) is 0 Å². The summed E-state index contributed by atoms with van der Waals surface area (Å²) in [4.78, 5) is 15.3.